The molecule has 6 nitrogen and oxygen atoms in total. The molecule has 1 aromatic rings. The molecule has 0 aromatic heterocycles. The highest BCUT2D eigenvalue weighted by atomic mass is 79.9. The minimum atomic E-state index is -0.110. The summed E-state index contributed by atoms with van der Waals surface area (Å²) in [6.07, 6.45) is 1.98. The van der Waals surface area contributed by atoms with Gasteiger partial charge in [-0.15, -0.1) is 0 Å². The zero-order chi connectivity index (χ0) is 16.7. The van der Waals surface area contributed by atoms with Gasteiger partial charge in [0.25, 0.3) is 0 Å². The van der Waals surface area contributed by atoms with Crippen LogP contribution < -0.4 is 10.2 Å². The van der Waals surface area contributed by atoms with E-state index in [9.17, 15) is 4.79 Å². The lowest BCUT2D eigenvalue weighted by atomic mass is 10.2. The van der Waals surface area contributed by atoms with Crippen molar-refractivity contribution in [1.82, 2.24) is 10.3 Å². The Kier molecular flexibility index (Phi) is 7.48. The van der Waals surface area contributed by atoms with Gasteiger partial charge in [-0.2, -0.15) is 5.10 Å². The molecule has 1 fully saturated rings. The Hall–Kier alpha value is -0.960. The first-order valence-electron chi connectivity index (χ1n) is 7.25. The van der Waals surface area contributed by atoms with Crippen LogP contribution in [0.5, 0.6) is 5.75 Å². The highest BCUT2D eigenvalue weighted by molar-refractivity contribution is 9.11. The van der Waals surface area contributed by atoms with Crippen molar-refractivity contribution >= 4 is 44.0 Å². The van der Waals surface area contributed by atoms with Gasteiger partial charge in [0.05, 0.1) is 31.0 Å². The quantitative estimate of drug-likeness (QED) is 0.536. The van der Waals surface area contributed by atoms with Gasteiger partial charge in [-0.1, -0.05) is 15.9 Å². The molecular weight excluding hydrogens is 430 g/mol. The second kappa shape index (κ2) is 9.36. The summed E-state index contributed by atoms with van der Waals surface area (Å²) in [7, 11) is 1.59. The fourth-order valence-corrected chi connectivity index (χ4v) is 3.63. The summed E-state index contributed by atoms with van der Waals surface area (Å²) in [6, 6.07) is 3.75. The van der Waals surface area contributed by atoms with Crippen LogP contribution in [-0.4, -0.2) is 57.0 Å². The van der Waals surface area contributed by atoms with Crippen molar-refractivity contribution in [3.8, 4) is 5.75 Å². The number of rotatable bonds is 6. The van der Waals surface area contributed by atoms with E-state index in [4.69, 9.17) is 9.47 Å². The van der Waals surface area contributed by atoms with Gasteiger partial charge in [0.2, 0.25) is 5.91 Å². The third-order valence-electron chi connectivity index (χ3n) is 3.39. The number of morpholine rings is 1. The lowest BCUT2D eigenvalue weighted by Crippen LogP contribution is -2.38. The SMILES string of the molecule is COc1c(Br)cc(Br)cc1C=NNC(=O)CCN1CCOCC1. The Morgan fingerprint density at radius 2 is 2.17 bits per heavy atom. The minimum absolute atomic E-state index is 0.110. The van der Waals surface area contributed by atoms with Crippen LogP contribution in [0.1, 0.15) is 12.0 Å². The van der Waals surface area contributed by atoms with E-state index in [1.807, 2.05) is 12.1 Å². The summed E-state index contributed by atoms with van der Waals surface area (Å²) in [4.78, 5) is 14.0. The van der Waals surface area contributed by atoms with Gasteiger partial charge in [0.1, 0.15) is 5.75 Å². The van der Waals surface area contributed by atoms with Gasteiger partial charge in [-0.3, -0.25) is 9.69 Å². The average Bonchev–Trinajstić information content (AvgIpc) is 2.53. The Morgan fingerprint density at radius 3 is 2.87 bits per heavy atom. The molecule has 1 N–H and O–H groups in total. The van der Waals surface area contributed by atoms with Crippen molar-refractivity contribution in [2.45, 2.75) is 6.42 Å². The van der Waals surface area contributed by atoms with Crippen LogP contribution in [0, 0.1) is 0 Å². The second-order valence-corrected chi connectivity index (χ2v) is 6.78. The number of benzene rings is 1. The third-order valence-corrected chi connectivity index (χ3v) is 4.44. The van der Waals surface area contributed by atoms with Crippen molar-refractivity contribution in [2.24, 2.45) is 5.10 Å². The van der Waals surface area contributed by atoms with Crippen LogP contribution in [0.2, 0.25) is 0 Å². The van der Waals surface area contributed by atoms with Gasteiger partial charge in [0.15, 0.2) is 0 Å². The van der Waals surface area contributed by atoms with Gasteiger partial charge in [0, 0.05) is 36.1 Å². The molecule has 1 heterocycles. The van der Waals surface area contributed by atoms with Crippen LogP contribution >= 0.6 is 31.9 Å². The first-order valence-corrected chi connectivity index (χ1v) is 8.84. The molecule has 1 aliphatic rings. The smallest absolute Gasteiger partial charge is 0.241 e. The van der Waals surface area contributed by atoms with Crippen molar-refractivity contribution < 1.29 is 14.3 Å². The highest BCUT2D eigenvalue weighted by Crippen LogP contribution is 2.31. The number of carbonyl (C=O) groups is 1. The number of halogens is 2. The van der Waals surface area contributed by atoms with E-state index in [0.717, 1.165) is 47.4 Å². The van der Waals surface area contributed by atoms with E-state index in [2.05, 4.69) is 47.3 Å². The first kappa shape index (κ1) is 18.4. The van der Waals surface area contributed by atoms with Crippen LogP contribution in [0.15, 0.2) is 26.2 Å². The molecule has 1 aromatic carbocycles. The van der Waals surface area contributed by atoms with E-state index in [-0.39, 0.29) is 5.91 Å². The molecular formula is C15H19Br2N3O3. The number of hydrogen-bond acceptors (Lipinski definition) is 5. The maximum Gasteiger partial charge on any atom is 0.241 e. The number of carbonyl (C=O) groups excluding carboxylic acids is 1. The Labute approximate surface area is 152 Å². The lowest BCUT2D eigenvalue weighted by Gasteiger charge is -2.25. The maximum atomic E-state index is 11.8. The van der Waals surface area contributed by atoms with Gasteiger partial charge >= 0.3 is 0 Å². The largest absolute Gasteiger partial charge is 0.495 e. The van der Waals surface area contributed by atoms with E-state index in [0.29, 0.717) is 12.2 Å². The third kappa shape index (κ3) is 5.87. The molecule has 126 valence electrons. The minimum Gasteiger partial charge on any atom is -0.495 e. The van der Waals surface area contributed by atoms with Crippen LogP contribution in [0.25, 0.3) is 0 Å². The monoisotopic (exact) mass is 447 g/mol. The second-order valence-electron chi connectivity index (χ2n) is 5.01. The maximum absolute atomic E-state index is 11.8. The Bertz CT molecular complexity index is 575. The van der Waals surface area contributed by atoms with E-state index in [1.54, 1.807) is 13.3 Å². The predicted molar refractivity (Wildman–Crippen MR) is 96.0 cm³/mol. The van der Waals surface area contributed by atoms with Crippen molar-refractivity contribution in [1.29, 1.82) is 0 Å². The number of nitrogens with zero attached hydrogens (tertiary/aromatic N) is 2. The number of hydrogen-bond donors (Lipinski definition) is 1. The molecule has 1 saturated heterocycles. The summed E-state index contributed by atoms with van der Waals surface area (Å²) in [5, 5.41) is 4.01. The van der Waals surface area contributed by atoms with E-state index < -0.39 is 0 Å². The van der Waals surface area contributed by atoms with Crippen molar-refractivity contribution in [2.75, 3.05) is 40.0 Å². The molecule has 23 heavy (non-hydrogen) atoms. The summed E-state index contributed by atoms with van der Waals surface area (Å²) < 4.78 is 12.3. The standard InChI is InChI=1S/C15H19Br2N3O3/c1-22-15-11(8-12(16)9-13(15)17)10-18-19-14(21)2-3-20-4-6-23-7-5-20/h8-10H,2-7H2,1H3,(H,19,21). The van der Waals surface area contributed by atoms with Crippen molar-refractivity contribution in [3.05, 3.63) is 26.6 Å². The molecule has 0 aliphatic carbocycles. The number of methoxy groups -OCH3 is 1. The fraction of sp³-hybridized carbons (Fsp3) is 0.467. The molecule has 1 amide bonds. The molecule has 8 heteroatoms. The molecule has 2 rings (SSSR count). The molecule has 0 bridgehead atoms. The fourth-order valence-electron chi connectivity index (χ4n) is 2.21. The molecule has 0 saturated carbocycles. The Morgan fingerprint density at radius 1 is 1.43 bits per heavy atom. The topological polar surface area (TPSA) is 63.2 Å². The van der Waals surface area contributed by atoms with Crippen LogP contribution in [-0.2, 0) is 9.53 Å². The number of hydrazone groups is 1. The zero-order valence-electron chi connectivity index (χ0n) is 12.8. The molecule has 0 spiro atoms. The Balaban J connectivity index is 1.85. The van der Waals surface area contributed by atoms with Crippen molar-refractivity contribution in [3.63, 3.8) is 0 Å². The molecule has 0 unspecified atom stereocenters. The lowest BCUT2D eigenvalue weighted by molar-refractivity contribution is -0.121. The van der Waals surface area contributed by atoms with Crippen LogP contribution in [0.3, 0.4) is 0 Å². The van der Waals surface area contributed by atoms with Gasteiger partial charge in [-0.05, 0) is 28.1 Å². The summed E-state index contributed by atoms with van der Waals surface area (Å²) >= 11 is 6.84. The number of ether oxygens (including phenoxy) is 2. The van der Waals surface area contributed by atoms with Gasteiger partial charge < -0.3 is 9.47 Å². The highest BCUT2D eigenvalue weighted by Gasteiger charge is 2.12. The summed E-state index contributed by atoms with van der Waals surface area (Å²) in [5.41, 5.74) is 3.31. The molecule has 1 aliphatic heterocycles. The van der Waals surface area contributed by atoms with E-state index in [1.165, 1.54) is 0 Å². The molecule has 0 atom stereocenters. The zero-order valence-corrected chi connectivity index (χ0v) is 16.0. The van der Waals surface area contributed by atoms with E-state index >= 15 is 0 Å². The summed E-state index contributed by atoms with van der Waals surface area (Å²) in [6.45, 7) is 3.94. The average molecular weight is 449 g/mol. The summed E-state index contributed by atoms with van der Waals surface area (Å²) in [5.74, 6) is 0.556. The first-order chi connectivity index (χ1) is 11.1. The number of nitrogens with one attached hydrogen (secondary N) is 1. The van der Waals surface area contributed by atoms with Crippen LogP contribution in [0.4, 0.5) is 0 Å². The van der Waals surface area contributed by atoms with Gasteiger partial charge in [-0.25, -0.2) is 5.43 Å². The molecule has 0 radical (unpaired) electrons. The normalized spacial score (nSPS) is 15.8. The number of amides is 1. The predicted octanol–water partition coefficient (Wildman–Crippen LogP) is 2.39.